The lowest BCUT2D eigenvalue weighted by Crippen LogP contribution is -2.26. The Morgan fingerprint density at radius 1 is 1.11 bits per heavy atom. The number of nitrogens with one attached hydrogen (secondary N) is 1. The number of aryl methyl sites for hydroxylation is 2. The van der Waals surface area contributed by atoms with Crippen molar-refractivity contribution in [2.75, 3.05) is 13.2 Å². The van der Waals surface area contributed by atoms with E-state index in [0.717, 1.165) is 45.8 Å². The number of hydrogen-bond donors (Lipinski definition) is 1. The monoisotopic (exact) mass is 379 g/mol. The zero-order chi connectivity index (χ0) is 19.5. The molecular formula is C23H25NO4. The van der Waals surface area contributed by atoms with Gasteiger partial charge in [0, 0.05) is 23.8 Å². The molecular weight excluding hydrogens is 354 g/mol. The van der Waals surface area contributed by atoms with Crippen molar-refractivity contribution in [3.8, 4) is 11.5 Å². The number of amides is 1. The molecule has 2 aromatic carbocycles. The minimum Gasteiger partial charge on any atom is -0.490 e. The van der Waals surface area contributed by atoms with Crippen molar-refractivity contribution in [2.45, 2.75) is 39.2 Å². The Balaban J connectivity index is 1.37. The lowest BCUT2D eigenvalue weighted by atomic mass is 10.1. The van der Waals surface area contributed by atoms with Crippen LogP contribution in [-0.4, -0.2) is 19.1 Å². The normalized spacial score (nSPS) is 14.5. The molecule has 1 amide bonds. The Morgan fingerprint density at radius 3 is 2.71 bits per heavy atom. The van der Waals surface area contributed by atoms with Crippen LogP contribution >= 0.6 is 0 Å². The van der Waals surface area contributed by atoms with Gasteiger partial charge >= 0.3 is 0 Å². The standard InChI is InChI=1S/C23H25NO4/c1-15-18-6-3-4-7-19(18)28-23(15)16(2)24-22(25)11-9-17-8-10-20-21(14-17)27-13-5-12-26-20/h3-4,6-8,10,14,16H,5,9,11-13H2,1-2H3,(H,24,25). The van der Waals surface area contributed by atoms with Crippen LogP contribution in [0.1, 0.15) is 42.7 Å². The van der Waals surface area contributed by atoms with Crippen molar-refractivity contribution in [3.05, 3.63) is 59.4 Å². The Labute approximate surface area is 164 Å². The molecule has 2 heterocycles. The second kappa shape index (κ2) is 7.97. The van der Waals surface area contributed by atoms with Gasteiger partial charge < -0.3 is 19.2 Å². The first-order valence-electron chi connectivity index (χ1n) is 9.78. The van der Waals surface area contributed by atoms with Crippen LogP contribution in [0.2, 0.25) is 0 Å². The van der Waals surface area contributed by atoms with E-state index in [2.05, 4.69) is 5.32 Å². The van der Waals surface area contributed by atoms with E-state index in [0.29, 0.717) is 26.1 Å². The Kier molecular flexibility index (Phi) is 5.24. The average Bonchev–Trinajstić information content (AvgIpc) is 2.88. The molecule has 1 unspecified atom stereocenters. The van der Waals surface area contributed by atoms with Gasteiger partial charge in [0.25, 0.3) is 0 Å². The van der Waals surface area contributed by atoms with Gasteiger partial charge in [-0.25, -0.2) is 0 Å². The number of carbonyl (C=O) groups excluding carboxylic acids is 1. The maximum atomic E-state index is 12.5. The van der Waals surface area contributed by atoms with Gasteiger partial charge in [-0.1, -0.05) is 24.3 Å². The van der Waals surface area contributed by atoms with Crippen LogP contribution in [0.15, 0.2) is 46.9 Å². The summed E-state index contributed by atoms with van der Waals surface area (Å²) in [5, 5.41) is 4.14. The molecule has 146 valence electrons. The highest BCUT2D eigenvalue weighted by atomic mass is 16.5. The van der Waals surface area contributed by atoms with Crippen molar-refractivity contribution in [2.24, 2.45) is 0 Å². The predicted molar refractivity (Wildman–Crippen MR) is 108 cm³/mol. The molecule has 3 aromatic rings. The third kappa shape index (κ3) is 3.84. The fraction of sp³-hybridized carbons (Fsp3) is 0.348. The number of ether oxygens (including phenoxy) is 2. The lowest BCUT2D eigenvalue weighted by molar-refractivity contribution is -0.121. The summed E-state index contributed by atoms with van der Waals surface area (Å²) in [6.45, 7) is 5.32. The summed E-state index contributed by atoms with van der Waals surface area (Å²) in [5.41, 5.74) is 2.99. The highest BCUT2D eigenvalue weighted by Crippen LogP contribution is 2.31. The summed E-state index contributed by atoms with van der Waals surface area (Å²) in [6, 6.07) is 13.6. The highest BCUT2D eigenvalue weighted by molar-refractivity contribution is 5.82. The predicted octanol–water partition coefficient (Wildman–Crippen LogP) is 4.71. The molecule has 0 bridgehead atoms. The molecule has 0 fully saturated rings. The van der Waals surface area contributed by atoms with Crippen LogP contribution in [-0.2, 0) is 11.2 Å². The zero-order valence-corrected chi connectivity index (χ0v) is 16.3. The first-order valence-corrected chi connectivity index (χ1v) is 9.78. The Bertz CT molecular complexity index is 991. The smallest absolute Gasteiger partial charge is 0.220 e. The largest absolute Gasteiger partial charge is 0.490 e. The Hall–Kier alpha value is -2.95. The molecule has 1 aliphatic rings. The number of rotatable bonds is 5. The fourth-order valence-corrected chi connectivity index (χ4v) is 3.61. The van der Waals surface area contributed by atoms with E-state index in [1.807, 2.05) is 56.3 Å². The maximum absolute atomic E-state index is 12.5. The van der Waals surface area contributed by atoms with Crippen molar-refractivity contribution < 1.29 is 18.7 Å². The summed E-state index contributed by atoms with van der Waals surface area (Å²) >= 11 is 0. The zero-order valence-electron chi connectivity index (χ0n) is 16.3. The van der Waals surface area contributed by atoms with Gasteiger partial charge in [-0.05, 0) is 44.0 Å². The molecule has 28 heavy (non-hydrogen) atoms. The number of carbonyl (C=O) groups is 1. The molecule has 0 aliphatic carbocycles. The molecule has 0 saturated heterocycles. The molecule has 5 heteroatoms. The van der Waals surface area contributed by atoms with Crippen molar-refractivity contribution in [1.29, 1.82) is 0 Å². The van der Waals surface area contributed by atoms with E-state index in [-0.39, 0.29) is 11.9 Å². The number of furan rings is 1. The van der Waals surface area contributed by atoms with Crippen LogP contribution in [0.3, 0.4) is 0 Å². The van der Waals surface area contributed by atoms with E-state index < -0.39 is 0 Å². The topological polar surface area (TPSA) is 60.7 Å². The van der Waals surface area contributed by atoms with Gasteiger partial charge in [-0.2, -0.15) is 0 Å². The summed E-state index contributed by atoms with van der Waals surface area (Å²) in [7, 11) is 0. The van der Waals surface area contributed by atoms with Gasteiger partial charge in [0.15, 0.2) is 11.5 Å². The van der Waals surface area contributed by atoms with E-state index in [9.17, 15) is 4.79 Å². The fourth-order valence-electron chi connectivity index (χ4n) is 3.61. The van der Waals surface area contributed by atoms with E-state index >= 15 is 0 Å². The van der Waals surface area contributed by atoms with Gasteiger partial charge in [-0.15, -0.1) is 0 Å². The van der Waals surface area contributed by atoms with Crippen LogP contribution in [0, 0.1) is 6.92 Å². The van der Waals surface area contributed by atoms with E-state index in [1.54, 1.807) is 0 Å². The number of hydrogen-bond acceptors (Lipinski definition) is 4. The Morgan fingerprint density at radius 2 is 1.89 bits per heavy atom. The van der Waals surface area contributed by atoms with E-state index in [4.69, 9.17) is 13.9 Å². The molecule has 4 rings (SSSR count). The molecule has 1 aromatic heterocycles. The number of benzene rings is 2. The second-order valence-corrected chi connectivity index (χ2v) is 7.21. The molecule has 0 spiro atoms. The molecule has 1 atom stereocenters. The van der Waals surface area contributed by atoms with Crippen LogP contribution < -0.4 is 14.8 Å². The van der Waals surface area contributed by atoms with Crippen LogP contribution in [0.4, 0.5) is 0 Å². The highest BCUT2D eigenvalue weighted by Gasteiger charge is 2.18. The van der Waals surface area contributed by atoms with Crippen molar-refractivity contribution >= 4 is 16.9 Å². The third-order valence-corrected chi connectivity index (χ3v) is 5.10. The third-order valence-electron chi connectivity index (χ3n) is 5.10. The first kappa shape index (κ1) is 18.4. The van der Waals surface area contributed by atoms with Gasteiger partial charge in [0.1, 0.15) is 11.3 Å². The van der Waals surface area contributed by atoms with Crippen LogP contribution in [0.5, 0.6) is 11.5 Å². The van der Waals surface area contributed by atoms with Crippen LogP contribution in [0.25, 0.3) is 11.0 Å². The molecule has 1 N–H and O–H groups in total. The minimum atomic E-state index is -0.177. The van der Waals surface area contributed by atoms with Crippen molar-refractivity contribution in [3.63, 3.8) is 0 Å². The van der Waals surface area contributed by atoms with E-state index in [1.165, 1.54) is 0 Å². The molecule has 0 saturated carbocycles. The molecule has 5 nitrogen and oxygen atoms in total. The van der Waals surface area contributed by atoms with Crippen molar-refractivity contribution in [1.82, 2.24) is 5.32 Å². The number of fused-ring (bicyclic) bond motifs is 2. The average molecular weight is 379 g/mol. The SMILES string of the molecule is Cc1c(C(C)NC(=O)CCc2ccc3c(c2)OCCCO3)oc2ccccc12. The molecule has 1 aliphatic heterocycles. The molecule has 0 radical (unpaired) electrons. The number of para-hydroxylation sites is 1. The second-order valence-electron chi connectivity index (χ2n) is 7.21. The first-order chi connectivity index (χ1) is 13.6. The summed E-state index contributed by atoms with van der Waals surface area (Å²) in [4.78, 5) is 12.5. The van der Waals surface area contributed by atoms with Gasteiger partial charge in [0.2, 0.25) is 5.91 Å². The van der Waals surface area contributed by atoms with Gasteiger partial charge in [-0.3, -0.25) is 4.79 Å². The lowest BCUT2D eigenvalue weighted by Gasteiger charge is -2.13. The summed E-state index contributed by atoms with van der Waals surface area (Å²) < 4.78 is 17.3. The summed E-state index contributed by atoms with van der Waals surface area (Å²) in [5.74, 6) is 2.35. The van der Waals surface area contributed by atoms with Gasteiger partial charge in [0.05, 0.1) is 19.3 Å². The maximum Gasteiger partial charge on any atom is 0.220 e. The quantitative estimate of drug-likeness (QED) is 0.697. The summed E-state index contributed by atoms with van der Waals surface area (Å²) in [6.07, 6.45) is 1.93. The minimum absolute atomic E-state index is 0.000493.